The minimum absolute atomic E-state index is 0.246. The molecule has 104 valence electrons. The maximum absolute atomic E-state index is 11.8. The molecule has 0 aromatic heterocycles. The molecule has 0 rings (SSSR count). The molecule has 0 heterocycles. The van der Waals surface area contributed by atoms with Gasteiger partial charge in [0, 0.05) is 6.42 Å². The summed E-state index contributed by atoms with van der Waals surface area (Å²) in [5.74, 6) is -1.53. The van der Waals surface area contributed by atoms with Gasteiger partial charge in [-0.1, -0.05) is 32.6 Å². The molecule has 0 saturated carbocycles. The van der Waals surface area contributed by atoms with Gasteiger partial charge < -0.3 is 16.4 Å². The van der Waals surface area contributed by atoms with Crippen molar-refractivity contribution in [3.63, 3.8) is 0 Å². The fourth-order valence-electron chi connectivity index (χ4n) is 1.65. The highest BCUT2D eigenvalue weighted by Gasteiger charge is 2.17. The van der Waals surface area contributed by atoms with E-state index in [9.17, 15) is 14.4 Å². The van der Waals surface area contributed by atoms with E-state index in [1.807, 2.05) is 0 Å². The largest absolute Gasteiger partial charge is 0.368 e. The number of nitrogens with zero attached hydrogens (tertiary/aromatic N) is 1. The number of unbranched alkanes of at least 4 members (excludes halogenated alkanes) is 4. The van der Waals surface area contributed by atoms with Crippen molar-refractivity contribution in [2.75, 3.05) is 13.1 Å². The summed E-state index contributed by atoms with van der Waals surface area (Å²) in [6, 6.07) is 0. The first-order valence-corrected chi connectivity index (χ1v) is 6.31. The maximum atomic E-state index is 11.8. The second-order valence-electron chi connectivity index (χ2n) is 4.35. The number of carbonyl (C=O) groups is 3. The van der Waals surface area contributed by atoms with Crippen molar-refractivity contribution in [3.05, 3.63) is 0 Å². The normalized spacial score (nSPS) is 10.1. The molecule has 0 aliphatic rings. The lowest BCUT2D eigenvalue weighted by atomic mass is 10.1. The molecule has 0 bridgehead atoms. The molecule has 0 saturated heterocycles. The van der Waals surface area contributed by atoms with Crippen LogP contribution in [0.5, 0.6) is 0 Å². The Labute approximate surface area is 108 Å². The molecule has 0 aliphatic carbocycles. The van der Waals surface area contributed by atoms with Gasteiger partial charge in [0.05, 0.1) is 13.1 Å². The molecule has 0 fully saturated rings. The zero-order chi connectivity index (χ0) is 14.0. The minimum atomic E-state index is -0.643. The van der Waals surface area contributed by atoms with E-state index in [-0.39, 0.29) is 19.0 Å². The quantitative estimate of drug-likeness (QED) is 0.544. The van der Waals surface area contributed by atoms with Gasteiger partial charge in [-0.15, -0.1) is 0 Å². The first-order valence-electron chi connectivity index (χ1n) is 6.31. The average Bonchev–Trinajstić information content (AvgIpc) is 2.26. The van der Waals surface area contributed by atoms with Crippen molar-refractivity contribution in [2.45, 2.75) is 45.4 Å². The Morgan fingerprint density at radius 2 is 1.39 bits per heavy atom. The summed E-state index contributed by atoms with van der Waals surface area (Å²) in [5.41, 5.74) is 10.0. The zero-order valence-electron chi connectivity index (χ0n) is 11.0. The third-order valence-electron chi connectivity index (χ3n) is 2.54. The van der Waals surface area contributed by atoms with Gasteiger partial charge in [0.25, 0.3) is 0 Å². The summed E-state index contributed by atoms with van der Waals surface area (Å²) >= 11 is 0. The van der Waals surface area contributed by atoms with E-state index < -0.39 is 11.8 Å². The smallest absolute Gasteiger partial charge is 0.237 e. The Morgan fingerprint density at radius 3 is 1.83 bits per heavy atom. The van der Waals surface area contributed by atoms with Gasteiger partial charge in [-0.2, -0.15) is 0 Å². The topological polar surface area (TPSA) is 106 Å². The van der Waals surface area contributed by atoms with Gasteiger partial charge in [-0.3, -0.25) is 14.4 Å². The van der Waals surface area contributed by atoms with Crippen molar-refractivity contribution in [2.24, 2.45) is 11.5 Å². The van der Waals surface area contributed by atoms with E-state index >= 15 is 0 Å². The lowest BCUT2D eigenvalue weighted by molar-refractivity contribution is -0.138. The Morgan fingerprint density at radius 1 is 0.889 bits per heavy atom. The lowest BCUT2D eigenvalue weighted by Gasteiger charge is -2.19. The van der Waals surface area contributed by atoms with Gasteiger partial charge in [0.1, 0.15) is 0 Å². The van der Waals surface area contributed by atoms with Crippen LogP contribution in [-0.2, 0) is 14.4 Å². The fraction of sp³-hybridized carbons (Fsp3) is 0.750. The Balaban J connectivity index is 4.04. The van der Waals surface area contributed by atoms with Crippen molar-refractivity contribution < 1.29 is 14.4 Å². The first-order chi connectivity index (χ1) is 8.47. The van der Waals surface area contributed by atoms with Crippen LogP contribution in [0.25, 0.3) is 0 Å². The lowest BCUT2D eigenvalue weighted by Crippen LogP contribution is -2.43. The fourth-order valence-corrected chi connectivity index (χ4v) is 1.65. The number of hydrogen-bond donors (Lipinski definition) is 2. The van der Waals surface area contributed by atoms with E-state index in [1.54, 1.807) is 0 Å². The highest BCUT2D eigenvalue weighted by Crippen LogP contribution is 2.06. The van der Waals surface area contributed by atoms with E-state index in [1.165, 1.54) is 0 Å². The monoisotopic (exact) mass is 257 g/mol. The average molecular weight is 257 g/mol. The molecule has 0 aromatic rings. The molecule has 4 N–H and O–H groups in total. The summed E-state index contributed by atoms with van der Waals surface area (Å²) in [6.07, 6.45) is 5.44. The number of amides is 3. The first kappa shape index (κ1) is 16.4. The second-order valence-corrected chi connectivity index (χ2v) is 4.35. The Bertz CT molecular complexity index is 276. The highest BCUT2D eigenvalue weighted by molar-refractivity contribution is 5.87. The number of carbonyl (C=O) groups excluding carboxylic acids is 3. The highest BCUT2D eigenvalue weighted by atomic mass is 16.2. The Hall–Kier alpha value is -1.59. The summed E-state index contributed by atoms with van der Waals surface area (Å²) < 4.78 is 0. The number of primary amides is 2. The van der Waals surface area contributed by atoms with Crippen molar-refractivity contribution in [3.8, 4) is 0 Å². The number of nitrogens with two attached hydrogens (primary N) is 2. The summed E-state index contributed by atoms with van der Waals surface area (Å²) in [4.78, 5) is 34.4. The van der Waals surface area contributed by atoms with E-state index in [4.69, 9.17) is 11.5 Å². The molecular formula is C12H23N3O3. The molecular weight excluding hydrogens is 234 g/mol. The van der Waals surface area contributed by atoms with Crippen LogP contribution in [-0.4, -0.2) is 35.7 Å². The van der Waals surface area contributed by atoms with Crippen molar-refractivity contribution in [1.29, 1.82) is 0 Å². The number of hydrogen-bond acceptors (Lipinski definition) is 3. The van der Waals surface area contributed by atoms with E-state index in [2.05, 4.69) is 6.92 Å². The van der Waals surface area contributed by atoms with Crippen LogP contribution in [0.4, 0.5) is 0 Å². The predicted octanol–water partition coefficient (Wildman–Crippen LogP) is 0.146. The van der Waals surface area contributed by atoms with Crippen molar-refractivity contribution in [1.82, 2.24) is 4.90 Å². The molecule has 6 nitrogen and oxygen atoms in total. The van der Waals surface area contributed by atoms with Gasteiger partial charge in [0.15, 0.2) is 0 Å². The zero-order valence-corrected chi connectivity index (χ0v) is 11.0. The predicted molar refractivity (Wildman–Crippen MR) is 68.3 cm³/mol. The van der Waals surface area contributed by atoms with Crippen LogP contribution in [0.3, 0.4) is 0 Å². The van der Waals surface area contributed by atoms with Crippen LogP contribution < -0.4 is 11.5 Å². The second kappa shape index (κ2) is 9.44. The summed E-state index contributed by atoms with van der Waals surface area (Å²) in [6.45, 7) is 1.61. The molecule has 0 aliphatic heterocycles. The summed E-state index contributed by atoms with van der Waals surface area (Å²) in [5, 5.41) is 0. The maximum Gasteiger partial charge on any atom is 0.237 e. The standard InChI is InChI=1S/C12H23N3O3/c1-2-3-4-5-6-7-12(18)15(8-10(13)16)9-11(14)17/h2-9H2,1H3,(H2,13,16)(H2,14,17). The van der Waals surface area contributed by atoms with Crippen molar-refractivity contribution >= 4 is 17.7 Å². The van der Waals surface area contributed by atoms with Crippen LogP contribution in [0.15, 0.2) is 0 Å². The third kappa shape index (κ3) is 8.55. The Kier molecular flexibility index (Phi) is 8.61. The van der Waals surface area contributed by atoms with Gasteiger partial charge in [0.2, 0.25) is 17.7 Å². The van der Waals surface area contributed by atoms with Crippen LogP contribution in [0.1, 0.15) is 45.4 Å². The van der Waals surface area contributed by atoms with Crippen LogP contribution in [0.2, 0.25) is 0 Å². The molecule has 3 amide bonds. The van der Waals surface area contributed by atoms with E-state index in [0.29, 0.717) is 6.42 Å². The third-order valence-corrected chi connectivity index (χ3v) is 2.54. The molecule has 0 aromatic carbocycles. The van der Waals surface area contributed by atoms with Gasteiger partial charge in [-0.25, -0.2) is 0 Å². The molecule has 0 spiro atoms. The van der Waals surface area contributed by atoms with Gasteiger partial charge >= 0.3 is 0 Å². The van der Waals surface area contributed by atoms with Gasteiger partial charge in [-0.05, 0) is 6.42 Å². The minimum Gasteiger partial charge on any atom is -0.368 e. The van der Waals surface area contributed by atoms with Crippen LogP contribution in [0, 0.1) is 0 Å². The molecule has 0 radical (unpaired) electrons. The summed E-state index contributed by atoms with van der Waals surface area (Å²) in [7, 11) is 0. The molecule has 0 atom stereocenters. The van der Waals surface area contributed by atoms with E-state index in [0.717, 1.165) is 37.0 Å². The number of rotatable bonds is 10. The molecule has 0 unspecified atom stereocenters. The molecule has 6 heteroatoms. The SMILES string of the molecule is CCCCCCCC(=O)N(CC(N)=O)CC(N)=O. The molecule has 18 heavy (non-hydrogen) atoms. The van der Waals surface area contributed by atoms with Crippen LogP contribution >= 0.6 is 0 Å².